The number of rotatable bonds is 4. The maximum Gasteiger partial charge on any atom is 0.159 e. The van der Waals surface area contributed by atoms with E-state index in [4.69, 9.17) is 5.53 Å². The van der Waals surface area contributed by atoms with Crippen molar-refractivity contribution in [3.63, 3.8) is 0 Å². The SMILES string of the molecule is CC(=O)c1ccc(Nc2ncccc2N=N)cc1. The summed E-state index contributed by atoms with van der Waals surface area (Å²) in [5.41, 5.74) is 8.96. The van der Waals surface area contributed by atoms with Gasteiger partial charge in [0, 0.05) is 17.4 Å². The molecule has 0 spiro atoms. The fourth-order valence-electron chi connectivity index (χ4n) is 1.51. The number of pyridine rings is 1. The number of hydrogen-bond acceptors (Lipinski definition) is 5. The van der Waals surface area contributed by atoms with Crippen LogP contribution in [0.25, 0.3) is 0 Å². The Labute approximate surface area is 104 Å². The van der Waals surface area contributed by atoms with E-state index in [0.29, 0.717) is 17.1 Å². The smallest absolute Gasteiger partial charge is 0.159 e. The van der Waals surface area contributed by atoms with Crippen LogP contribution in [0.4, 0.5) is 17.2 Å². The predicted octanol–water partition coefficient (Wildman–Crippen LogP) is 3.69. The molecule has 0 saturated carbocycles. The van der Waals surface area contributed by atoms with Gasteiger partial charge in [0.2, 0.25) is 0 Å². The molecular formula is C13H12N4O. The molecule has 0 saturated heterocycles. The largest absolute Gasteiger partial charge is 0.338 e. The normalized spacial score (nSPS) is 9.83. The van der Waals surface area contributed by atoms with Crippen molar-refractivity contribution in [2.75, 3.05) is 5.32 Å². The van der Waals surface area contributed by atoms with Gasteiger partial charge in [-0.1, -0.05) is 0 Å². The van der Waals surface area contributed by atoms with Crippen LogP contribution in [0.3, 0.4) is 0 Å². The first-order valence-corrected chi connectivity index (χ1v) is 5.41. The summed E-state index contributed by atoms with van der Waals surface area (Å²) in [4.78, 5) is 15.3. The zero-order chi connectivity index (χ0) is 13.0. The highest BCUT2D eigenvalue weighted by Crippen LogP contribution is 2.24. The van der Waals surface area contributed by atoms with Crippen LogP contribution >= 0.6 is 0 Å². The monoisotopic (exact) mass is 240 g/mol. The lowest BCUT2D eigenvalue weighted by atomic mass is 10.1. The Bertz CT molecular complexity index is 578. The van der Waals surface area contributed by atoms with Crippen LogP contribution in [-0.2, 0) is 0 Å². The summed E-state index contributed by atoms with van der Waals surface area (Å²) in [5, 5.41) is 6.44. The second-order valence-electron chi connectivity index (χ2n) is 3.74. The number of anilines is 2. The second-order valence-corrected chi connectivity index (χ2v) is 3.74. The topological polar surface area (TPSA) is 78.2 Å². The molecule has 2 N–H and O–H groups in total. The first-order chi connectivity index (χ1) is 8.70. The number of hydrogen-bond donors (Lipinski definition) is 2. The van der Waals surface area contributed by atoms with Gasteiger partial charge in [0.05, 0.1) is 0 Å². The van der Waals surface area contributed by atoms with Gasteiger partial charge in [0.1, 0.15) is 5.69 Å². The highest BCUT2D eigenvalue weighted by Gasteiger charge is 2.03. The molecule has 5 heteroatoms. The van der Waals surface area contributed by atoms with Crippen molar-refractivity contribution in [1.82, 2.24) is 4.98 Å². The summed E-state index contributed by atoms with van der Waals surface area (Å²) in [7, 11) is 0. The standard InChI is InChI=1S/C13H12N4O/c1-9(18)10-4-6-11(7-5-10)16-13-12(17-14)3-2-8-15-13/h2-8,14H,1H3,(H,15,16). The van der Waals surface area contributed by atoms with Gasteiger partial charge in [-0.3, -0.25) is 4.79 Å². The minimum Gasteiger partial charge on any atom is -0.338 e. The van der Waals surface area contributed by atoms with Crippen LogP contribution in [0.2, 0.25) is 0 Å². The molecule has 18 heavy (non-hydrogen) atoms. The van der Waals surface area contributed by atoms with Gasteiger partial charge in [-0.15, -0.1) is 0 Å². The number of nitrogens with zero attached hydrogens (tertiary/aromatic N) is 2. The van der Waals surface area contributed by atoms with Gasteiger partial charge < -0.3 is 5.32 Å². The van der Waals surface area contributed by atoms with Crippen molar-refractivity contribution < 1.29 is 4.79 Å². The Kier molecular flexibility index (Phi) is 3.43. The maximum absolute atomic E-state index is 11.1. The van der Waals surface area contributed by atoms with E-state index in [1.165, 1.54) is 6.92 Å². The third-order valence-corrected chi connectivity index (χ3v) is 2.46. The zero-order valence-electron chi connectivity index (χ0n) is 9.84. The Morgan fingerprint density at radius 1 is 1.28 bits per heavy atom. The molecule has 5 nitrogen and oxygen atoms in total. The van der Waals surface area contributed by atoms with Crippen molar-refractivity contribution in [3.05, 3.63) is 48.2 Å². The number of aromatic nitrogens is 1. The second kappa shape index (κ2) is 5.18. The van der Waals surface area contributed by atoms with Gasteiger partial charge in [0.25, 0.3) is 0 Å². The highest BCUT2D eigenvalue weighted by molar-refractivity contribution is 5.94. The molecule has 0 atom stereocenters. The predicted molar refractivity (Wildman–Crippen MR) is 68.8 cm³/mol. The number of nitrogens with one attached hydrogen (secondary N) is 2. The van der Waals surface area contributed by atoms with Gasteiger partial charge in [-0.05, 0) is 43.3 Å². The third-order valence-electron chi connectivity index (χ3n) is 2.46. The van der Waals surface area contributed by atoms with Gasteiger partial charge in [0.15, 0.2) is 11.6 Å². The van der Waals surface area contributed by atoms with Crippen LogP contribution in [0.5, 0.6) is 0 Å². The van der Waals surface area contributed by atoms with Crippen molar-refractivity contribution in [2.24, 2.45) is 5.11 Å². The molecule has 0 amide bonds. The van der Waals surface area contributed by atoms with Crippen LogP contribution in [0.15, 0.2) is 47.7 Å². The van der Waals surface area contributed by atoms with Crippen LogP contribution in [0.1, 0.15) is 17.3 Å². The molecule has 2 aromatic rings. The summed E-state index contributed by atoms with van der Waals surface area (Å²) in [6, 6.07) is 10.5. The van der Waals surface area contributed by atoms with Crippen molar-refractivity contribution in [3.8, 4) is 0 Å². The lowest BCUT2D eigenvalue weighted by molar-refractivity contribution is 0.101. The lowest BCUT2D eigenvalue weighted by Gasteiger charge is -2.07. The van der Waals surface area contributed by atoms with E-state index in [2.05, 4.69) is 15.4 Å². The molecule has 0 aliphatic carbocycles. The van der Waals surface area contributed by atoms with E-state index in [1.807, 2.05) is 0 Å². The molecule has 1 aromatic heterocycles. The molecule has 0 aliphatic heterocycles. The zero-order valence-corrected chi connectivity index (χ0v) is 9.84. The third kappa shape index (κ3) is 2.57. The molecule has 0 fully saturated rings. The number of benzene rings is 1. The number of carbonyl (C=O) groups is 1. The summed E-state index contributed by atoms with van der Waals surface area (Å²) in [5.74, 6) is 0.546. The molecule has 0 bridgehead atoms. The Morgan fingerprint density at radius 3 is 2.61 bits per heavy atom. The molecule has 0 aliphatic rings. The van der Waals surface area contributed by atoms with Crippen molar-refractivity contribution in [2.45, 2.75) is 6.92 Å². The number of ketones is 1. The van der Waals surface area contributed by atoms with E-state index in [1.54, 1.807) is 42.6 Å². The van der Waals surface area contributed by atoms with Crippen LogP contribution in [-0.4, -0.2) is 10.8 Å². The molecule has 2 rings (SSSR count). The average molecular weight is 240 g/mol. The fourth-order valence-corrected chi connectivity index (χ4v) is 1.51. The number of Topliss-reactive ketones (excluding diaryl/α,β-unsaturated/α-hetero) is 1. The molecule has 1 aromatic carbocycles. The van der Waals surface area contributed by atoms with Gasteiger partial charge in [-0.25, -0.2) is 10.5 Å². The lowest BCUT2D eigenvalue weighted by Crippen LogP contribution is -1.95. The van der Waals surface area contributed by atoms with Gasteiger partial charge >= 0.3 is 0 Å². The Hall–Kier alpha value is -2.56. The first-order valence-electron chi connectivity index (χ1n) is 5.41. The van der Waals surface area contributed by atoms with E-state index in [9.17, 15) is 4.79 Å². The molecular weight excluding hydrogens is 228 g/mol. The number of carbonyl (C=O) groups excluding carboxylic acids is 1. The van der Waals surface area contributed by atoms with E-state index >= 15 is 0 Å². The summed E-state index contributed by atoms with van der Waals surface area (Å²) < 4.78 is 0. The van der Waals surface area contributed by atoms with Crippen LogP contribution < -0.4 is 5.32 Å². The Balaban J connectivity index is 2.23. The first kappa shape index (κ1) is 11.9. The summed E-state index contributed by atoms with van der Waals surface area (Å²) in [6.45, 7) is 1.53. The Morgan fingerprint density at radius 2 is 2.00 bits per heavy atom. The van der Waals surface area contributed by atoms with Gasteiger partial charge in [-0.2, -0.15) is 5.11 Å². The summed E-state index contributed by atoms with van der Waals surface area (Å²) in [6.07, 6.45) is 1.63. The van der Waals surface area contributed by atoms with Crippen LogP contribution in [0, 0.1) is 5.53 Å². The van der Waals surface area contributed by atoms with E-state index in [-0.39, 0.29) is 5.78 Å². The minimum absolute atomic E-state index is 0.0289. The van der Waals surface area contributed by atoms with E-state index in [0.717, 1.165) is 5.69 Å². The highest BCUT2D eigenvalue weighted by atomic mass is 16.1. The minimum atomic E-state index is 0.0289. The van der Waals surface area contributed by atoms with Crippen molar-refractivity contribution in [1.29, 1.82) is 5.53 Å². The molecule has 0 radical (unpaired) electrons. The average Bonchev–Trinajstić information content (AvgIpc) is 2.40. The van der Waals surface area contributed by atoms with E-state index < -0.39 is 0 Å². The molecule has 0 unspecified atom stereocenters. The molecule has 1 heterocycles. The maximum atomic E-state index is 11.1. The fraction of sp³-hybridized carbons (Fsp3) is 0.0769. The van der Waals surface area contributed by atoms with Crippen molar-refractivity contribution >= 4 is 23.0 Å². The summed E-state index contributed by atoms with van der Waals surface area (Å²) >= 11 is 0. The quantitative estimate of drug-likeness (QED) is 0.631. The molecule has 90 valence electrons.